The number of aliphatic hydroxyl groups excluding tert-OH is 1. The third-order valence-electron chi connectivity index (χ3n) is 1.54. The summed E-state index contributed by atoms with van der Waals surface area (Å²) in [6.07, 6.45) is 3.75. The van der Waals surface area contributed by atoms with Crippen LogP contribution in [0.25, 0.3) is 0 Å². The van der Waals surface area contributed by atoms with E-state index < -0.39 is 0 Å². The number of carbonyl (C=O) groups excluding carboxylic acids is 1. The molecule has 5 nitrogen and oxygen atoms in total. The molecule has 0 saturated carbocycles. The number of aromatic nitrogens is 1. The lowest BCUT2D eigenvalue weighted by atomic mass is 10.4. The summed E-state index contributed by atoms with van der Waals surface area (Å²) in [7, 11) is 0. The first-order valence-corrected chi connectivity index (χ1v) is 4.38. The van der Waals surface area contributed by atoms with Crippen LogP contribution in [-0.4, -0.2) is 29.3 Å². The van der Waals surface area contributed by atoms with Gasteiger partial charge >= 0.3 is 6.03 Å². The van der Waals surface area contributed by atoms with Crippen LogP contribution in [0.5, 0.6) is 0 Å². The van der Waals surface area contributed by atoms with E-state index in [0.717, 1.165) is 0 Å². The number of nitrogens with zero attached hydrogens (tertiary/aromatic N) is 1. The minimum Gasteiger partial charge on any atom is -0.396 e. The summed E-state index contributed by atoms with van der Waals surface area (Å²) in [5.41, 5.74) is 0.647. The molecule has 5 heteroatoms. The molecule has 1 aromatic rings. The van der Waals surface area contributed by atoms with Crippen LogP contribution < -0.4 is 10.6 Å². The minimum atomic E-state index is -0.286. The molecule has 0 spiro atoms. The van der Waals surface area contributed by atoms with Crippen molar-refractivity contribution in [3.05, 3.63) is 24.5 Å². The molecule has 1 aromatic heterocycles. The monoisotopic (exact) mass is 195 g/mol. The average Bonchev–Trinajstić information content (AvgIpc) is 2.20. The van der Waals surface area contributed by atoms with Gasteiger partial charge in [-0.25, -0.2) is 4.79 Å². The van der Waals surface area contributed by atoms with E-state index in [0.29, 0.717) is 18.7 Å². The Balaban J connectivity index is 2.27. The Morgan fingerprint density at radius 1 is 1.57 bits per heavy atom. The molecule has 2 amide bonds. The summed E-state index contributed by atoms with van der Waals surface area (Å²) < 4.78 is 0. The van der Waals surface area contributed by atoms with Crippen molar-refractivity contribution in [1.29, 1.82) is 0 Å². The Kier molecular flexibility index (Phi) is 4.43. The van der Waals surface area contributed by atoms with Gasteiger partial charge in [-0.3, -0.25) is 4.98 Å². The van der Waals surface area contributed by atoms with E-state index in [-0.39, 0.29) is 12.6 Å². The van der Waals surface area contributed by atoms with Gasteiger partial charge in [-0.1, -0.05) is 0 Å². The van der Waals surface area contributed by atoms with Crippen molar-refractivity contribution < 1.29 is 9.90 Å². The van der Waals surface area contributed by atoms with E-state index in [2.05, 4.69) is 15.6 Å². The number of urea groups is 1. The van der Waals surface area contributed by atoms with E-state index in [9.17, 15) is 4.79 Å². The number of rotatable bonds is 4. The van der Waals surface area contributed by atoms with Crippen molar-refractivity contribution in [3.63, 3.8) is 0 Å². The topological polar surface area (TPSA) is 74.2 Å². The van der Waals surface area contributed by atoms with Crippen molar-refractivity contribution in [2.24, 2.45) is 0 Å². The number of anilines is 1. The van der Waals surface area contributed by atoms with Crippen LogP contribution in [0.3, 0.4) is 0 Å². The summed E-state index contributed by atoms with van der Waals surface area (Å²) in [4.78, 5) is 15.0. The Hall–Kier alpha value is -1.62. The van der Waals surface area contributed by atoms with Gasteiger partial charge < -0.3 is 15.7 Å². The van der Waals surface area contributed by atoms with E-state index in [1.807, 2.05) is 0 Å². The summed E-state index contributed by atoms with van der Waals surface area (Å²) >= 11 is 0. The van der Waals surface area contributed by atoms with Gasteiger partial charge in [0.25, 0.3) is 0 Å². The normalized spacial score (nSPS) is 9.50. The second-order valence-corrected chi connectivity index (χ2v) is 2.70. The zero-order valence-corrected chi connectivity index (χ0v) is 7.73. The van der Waals surface area contributed by atoms with Crippen LogP contribution in [0.1, 0.15) is 6.42 Å². The number of hydrogen-bond donors (Lipinski definition) is 3. The number of amides is 2. The molecule has 0 fully saturated rings. The fraction of sp³-hybridized carbons (Fsp3) is 0.333. The number of carbonyl (C=O) groups is 1. The summed E-state index contributed by atoms with van der Waals surface area (Å²) in [5.74, 6) is 0. The summed E-state index contributed by atoms with van der Waals surface area (Å²) in [6.45, 7) is 0.537. The Labute approximate surface area is 82.2 Å². The Morgan fingerprint density at radius 2 is 2.43 bits per heavy atom. The van der Waals surface area contributed by atoms with Crippen molar-refractivity contribution in [1.82, 2.24) is 10.3 Å². The quantitative estimate of drug-likeness (QED) is 0.615. The van der Waals surface area contributed by atoms with Crippen molar-refractivity contribution in [2.75, 3.05) is 18.5 Å². The molecule has 0 saturated heterocycles. The maximum atomic E-state index is 11.2. The van der Waals surface area contributed by atoms with Crippen LogP contribution in [0.4, 0.5) is 10.5 Å². The van der Waals surface area contributed by atoms with Gasteiger partial charge in [0.1, 0.15) is 0 Å². The number of pyridine rings is 1. The smallest absolute Gasteiger partial charge is 0.319 e. The maximum absolute atomic E-state index is 11.2. The third kappa shape index (κ3) is 3.86. The summed E-state index contributed by atoms with van der Waals surface area (Å²) in [5, 5.41) is 13.7. The predicted molar refractivity (Wildman–Crippen MR) is 53.0 cm³/mol. The number of nitrogens with one attached hydrogen (secondary N) is 2. The van der Waals surface area contributed by atoms with Crippen LogP contribution in [0, 0.1) is 0 Å². The van der Waals surface area contributed by atoms with Gasteiger partial charge in [0.2, 0.25) is 0 Å². The largest absolute Gasteiger partial charge is 0.396 e. The third-order valence-corrected chi connectivity index (χ3v) is 1.54. The molecule has 0 unspecified atom stereocenters. The molecule has 0 aliphatic rings. The molecule has 0 radical (unpaired) electrons. The minimum absolute atomic E-state index is 0.0766. The molecule has 0 atom stereocenters. The lowest BCUT2D eigenvalue weighted by molar-refractivity contribution is 0.249. The zero-order chi connectivity index (χ0) is 10.2. The molecule has 0 aliphatic carbocycles. The van der Waals surface area contributed by atoms with E-state index >= 15 is 0 Å². The Morgan fingerprint density at radius 3 is 3.07 bits per heavy atom. The SMILES string of the molecule is O=C(NCCCO)Nc1cccnc1. The summed E-state index contributed by atoms with van der Waals surface area (Å²) in [6, 6.07) is 3.20. The second-order valence-electron chi connectivity index (χ2n) is 2.70. The predicted octanol–water partition coefficient (Wildman–Crippen LogP) is 0.586. The van der Waals surface area contributed by atoms with E-state index in [1.54, 1.807) is 24.5 Å². The maximum Gasteiger partial charge on any atom is 0.319 e. The Bertz CT molecular complexity index is 277. The fourth-order valence-electron chi connectivity index (χ4n) is 0.893. The van der Waals surface area contributed by atoms with Gasteiger partial charge in [-0.2, -0.15) is 0 Å². The molecule has 1 heterocycles. The number of hydrogen-bond acceptors (Lipinski definition) is 3. The highest BCUT2D eigenvalue weighted by Crippen LogP contribution is 2.01. The highest BCUT2D eigenvalue weighted by Gasteiger charge is 1.99. The van der Waals surface area contributed by atoms with Crippen LogP contribution in [0.2, 0.25) is 0 Å². The molecule has 0 bridgehead atoms. The zero-order valence-electron chi connectivity index (χ0n) is 7.73. The van der Waals surface area contributed by atoms with Gasteiger partial charge in [-0.05, 0) is 18.6 Å². The molecule has 14 heavy (non-hydrogen) atoms. The van der Waals surface area contributed by atoms with Gasteiger partial charge in [0, 0.05) is 19.3 Å². The first kappa shape index (κ1) is 10.5. The molecule has 0 aliphatic heterocycles. The highest BCUT2D eigenvalue weighted by atomic mass is 16.3. The van der Waals surface area contributed by atoms with E-state index in [1.165, 1.54) is 0 Å². The van der Waals surface area contributed by atoms with Crippen LogP contribution in [-0.2, 0) is 0 Å². The molecular weight excluding hydrogens is 182 g/mol. The molecular formula is C9H13N3O2. The van der Waals surface area contributed by atoms with Crippen molar-refractivity contribution in [2.45, 2.75) is 6.42 Å². The number of aliphatic hydroxyl groups is 1. The molecule has 0 aromatic carbocycles. The van der Waals surface area contributed by atoms with E-state index in [4.69, 9.17) is 5.11 Å². The lowest BCUT2D eigenvalue weighted by Crippen LogP contribution is -2.29. The molecule has 76 valence electrons. The van der Waals surface area contributed by atoms with Crippen LogP contribution in [0.15, 0.2) is 24.5 Å². The van der Waals surface area contributed by atoms with Crippen molar-refractivity contribution in [3.8, 4) is 0 Å². The fourth-order valence-corrected chi connectivity index (χ4v) is 0.893. The van der Waals surface area contributed by atoms with Crippen LogP contribution >= 0.6 is 0 Å². The highest BCUT2D eigenvalue weighted by molar-refractivity contribution is 5.88. The standard InChI is InChI=1S/C9H13N3O2/c13-6-2-5-11-9(14)12-8-3-1-4-10-7-8/h1,3-4,7,13H,2,5-6H2,(H2,11,12,14). The second kappa shape index (κ2) is 5.93. The lowest BCUT2D eigenvalue weighted by Gasteiger charge is -2.05. The first-order valence-electron chi connectivity index (χ1n) is 4.38. The molecule has 3 N–H and O–H groups in total. The van der Waals surface area contributed by atoms with Gasteiger partial charge in [0.05, 0.1) is 11.9 Å². The molecule has 1 rings (SSSR count). The average molecular weight is 195 g/mol. The van der Waals surface area contributed by atoms with Gasteiger partial charge in [0.15, 0.2) is 0 Å². The first-order chi connectivity index (χ1) is 6.83. The van der Waals surface area contributed by atoms with Gasteiger partial charge in [-0.15, -0.1) is 0 Å². The van der Waals surface area contributed by atoms with Crippen molar-refractivity contribution >= 4 is 11.7 Å².